The van der Waals surface area contributed by atoms with Crippen LogP contribution in [-0.2, 0) is 16.6 Å². The summed E-state index contributed by atoms with van der Waals surface area (Å²) < 4.78 is 27.2. The zero-order valence-electron chi connectivity index (χ0n) is 11.5. The molecule has 0 aliphatic rings. The standard InChI is InChI=1S/C14H18N2O2S2/c1-3-16(12-7-5-4-6-8-12)20(17,18)14-10-9-13(19-14)11-15-2/h4-10,15H,3,11H2,1-2H3. The molecule has 4 nitrogen and oxygen atoms in total. The lowest BCUT2D eigenvalue weighted by Crippen LogP contribution is -2.30. The van der Waals surface area contributed by atoms with E-state index in [1.807, 2.05) is 50.4 Å². The molecule has 1 aromatic carbocycles. The number of sulfonamides is 1. The molecule has 0 bridgehead atoms. The van der Waals surface area contributed by atoms with Crippen molar-refractivity contribution < 1.29 is 8.42 Å². The zero-order valence-corrected chi connectivity index (χ0v) is 13.2. The van der Waals surface area contributed by atoms with Crippen molar-refractivity contribution in [1.29, 1.82) is 0 Å². The van der Waals surface area contributed by atoms with Gasteiger partial charge in [-0.2, -0.15) is 0 Å². The first-order valence-electron chi connectivity index (χ1n) is 6.40. The smallest absolute Gasteiger partial charge is 0.273 e. The molecule has 2 rings (SSSR count). The van der Waals surface area contributed by atoms with Gasteiger partial charge in [0.25, 0.3) is 10.0 Å². The summed E-state index contributed by atoms with van der Waals surface area (Å²) in [6.07, 6.45) is 0. The highest BCUT2D eigenvalue weighted by atomic mass is 32.2. The summed E-state index contributed by atoms with van der Waals surface area (Å²) in [5.74, 6) is 0. The second kappa shape index (κ2) is 6.39. The van der Waals surface area contributed by atoms with Crippen LogP contribution in [0.15, 0.2) is 46.7 Å². The monoisotopic (exact) mass is 310 g/mol. The number of nitrogens with one attached hydrogen (secondary N) is 1. The second-order valence-electron chi connectivity index (χ2n) is 4.26. The number of nitrogens with zero attached hydrogens (tertiary/aromatic N) is 1. The molecule has 0 unspecified atom stereocenters. The summed E-state index contributed by atoms with van der Waals surface area (Å²) in [6.45, 7) is 2.93. The average molecular weight is 310 g/mol. The second-order valence-corrected chi connectivity index (χ2v) is 7.51. The molecule has 0 amide bonds. The first-order chi connectivity index (χ1) is 9.59. The fourth-order valence-electron chi connectivity index (χ4n) is 1.96. The van der Waals surface area contributed by atoms with Crippen molar-refractivity contribution in [1.82, 2.24) is 5.32 Å². The van der Waals surface area contributed by atoms with Gasteiger partial charge in [-0.1, -0.05) is 18.2 Å². The average Bonchev–Trinajstić information content (AvgIpc) is 2.90. The van der Waals surface area contributed by atoms with Gasteiger partial charge in [0, 0.05) is 18.0 Å². The van der Waals surface area contributed by atoms with E-state index < -0.39 is 10.0 Å². The Bertz CT molecular complexity index is 651. The van der Waals surface area contributed by atoms with E-state index in [0.717, 1.165) is 4.88 Å². The van der Waals surface area contributed by atoms with Gasteiger partial charge in [-0.05, 0) is 38.2 Å². The fraction of sp³-hybridized carbons (Fsp3) is 0.286. The minimum atomic E-state index is -3.48. The highest BCUT2D eigenvalue weighted by Gasteiger charge is 2.25. The minimum absolute atomic E-state index is 0.383. The first-order valence-corrected chi connectivity index (χ1v) is 8.66. The topological polar surface area (TPSA) is 49.4 Å². The van der Waals surface area contributed by atoms with E-state index in [-0.39, 0.29) is 0 Å². The van der Waals surface area contributed by atoms with E-state index in [4.69, 9.17) is 0 Å². The van der Waals surface area contributed by atoms with Gasteiger partial charge >= 0.3 is 0 Å². The quantitative estimate of drug-likeness (QED) is 0.892. The molecule has 0 saturated heterocycles. The third-order valence-corrected chi connectivity index (χ3v) is 6.32. The summed E-state index contributed by atoms with van der Waals surface area (Å²) in [4.78, 5) is 1.01. The maximum absolute atomic E-state index is 12.7. The van der Waals surface area contributed by atoms with Crippen LogP contribution < -0.4 is 9.62 Å². The van der Waals surface area contributed by atoms with E-state index in [0.29, 0.717) is 23.0 Å². The van der Waals surface area contributed by atoms with E-state index in [1.165, 1.54) is 15.6 Å². The molecule has 6 heteroatoms. The molecule has 108 valence electrons. The Hall–Kier alpha value is -1.37. The van der Waals surface area contributed by atoms with Crippen LogP contribution in [0.2, 0.25) is 0 Å². The Labute approximate surface area is 124 Å². The van der Waals surface area contributed by atoms with Crippen LogP contribution in [0, 0.1) is 0 Å². The van der Waals surface area contributed by atoms with Gasteiger partial charge in [0.1, 0.15) is 4.21 Å². The molecule has 0 radical (unpaired) electrons. The zero-order chi connectivity index (χ0) is 14.6. The van der Waals surface area contributed by atoms with Gasteiger partial charge in [-0.3, -0.25) is 4.31 Å². The Morgan fingerprint density at radius 2 is 1.85 bits per heavy atom. The van der Waals surface area contributed by atoms with Gasteiger partial charge < -0.3 is 5.32 Å². The van der Waals surface area contributed by atoms with Gasteiger partial charge in [0.15, 0.2) is 0 Å². The molecule has 2 aromatic rings. The van der Waals surface area contributed by atoms with Crippen molar-refractivity contribution in [2.75, 3.05) is 17.9 Å². The number of benzene rings is 1. The summed E-state index contributed by atoms with van der Waals surface area (Å²) in [5.41, 5.74) is 0.693. The molecular weight excluding hydrogens is 292 g/mol. The normalized spacial score (nSPS) is 11.5. The predicted molar refractivity (Wildman–Crippen MR) is 83.7 cm³/mol. The van der Waals surface area contributed by atoms with Gasteiger partial charge in [0.2, 0.25) is 0 Å². The molecule has 1 heterocycles. The molecule has 0 atom stereocenters. The summed E-state index contributed by atoms with van der Waals surface area (Å²) in [6, 6.07) is 12.7. The number of para-hydroxylation sites is 1. The van der Waals surface area contributed by atoms with Crippen LogP contribution in [-0.4, -0.2) is 22.0 Å². The highest BCUT2D eigenvalue weighted by Crippen LogP contribution is 2.28. The van der Waals surface area contributed by atoms with E-state index in [9.17, 15) is 8.42 Å². The lowest BCUT2D eigenvalue weighted by molar-refractivity contribution is 0.594. The van der Waals surface area contributed by atoms with Gasteiger partial charge in [0.05, 0.1) is 5.69 Å². The van der Waals surface area contributed by atoms with Crippen molar-refractivity contribution in [2.45, 2.75) is 17.7 Å². The number of hydrogen-bond donors (Lipinski definition) is 1. The van der Waals surface area contributed by atoms with Crippen LogP contribution in [0.3, 0.4) is 0 Å². The molecule has 20 heavy (non-hydrogen) atoms. The third kappa shape index (κ3) is 3.03. The van der Waals surface area contributed by atoms with Crippen molar-refractivity contribution >= 4 is 27.0 Å². The Morgan fingerprint density at radius 3 is 2.45 bits per heavy atom. The SMILES string of the molecule is CCN(c1ccccc1)S(=O)(=O)c1ccc(CNC)s1. The molecule has 1 aromatic heterocycles. The van der Waals surface area contributed by atoms with Crippen molar-refractivity contribution in [3.05, 3.63) is 47.3 Å². The lowest BCUT2D eigenvalue weighted by atomic mass is 10.3. The van der Waals surface area contributed by atoms with Gasteiger partial charge in [-0.25, -0.2) is 8.42 Å². The van der Waals surface area contributed by atoms with Crippen LogP contribution in [0.1, 0.15) is 11.8 Å². The van der Waals surface area contributed by atoms with E-state index >= 15 is 0 Å². The summed E-state index contributed by atoms with van der Waals surface area (Å²) in [7, 11) is -1.63. The largest absolute Gasteiger partial charge is 0.315 e. The summed E-state index contributed by atoms with van der Waals surface area (Å²) in [5, 5.41) is 3.03. The van der Waals surface area contributed by atoms with Crippen molar-refractivity contribution in [3.8, 4) is 0 Å². The van der Waals surface area contributed by atoms with Crippen LogP contribution in [0.4, 0.5) is 5.69 Å². The summed E-state index contributed by atoms with van der Waals surface area (Å²) >= 11 is 1.31. The lowest BCUT2D eigenvalue weighted by Gasteiger charge is -2.21. The van der Waals surface area contributed by atoms with E-state index in [1.54, 1.807) is 6.07 Å². The van der Waals surface area contributed by atoms with E-state index in [2.05, 4.69) is 5.32 Å². The Morgan fingerprint density at radius 1 is 1.15 bits per heavy atom. The first kappa shape index (κ1) is 15.0. The highest BCUT2D eigenvalue weighted by molar-refractivity contribution is 7.94. The maximum Gasteiger partial charge on any atom is 0.273 e. The van der Waals surface area contributed by atoms with Crippen LogP contribution in [0.25, 0.3) is 0 Å². The van der Waals surface area contributed by atoms with Crippen molar-refractivity contribution in [3.63, 3.8) is 0 Å². The number of thiophene rings is 1. The minimum Gasteiger partial charge on any atom is -0.315 e. The van der Waals surface area contributed by atoms with Gasteiger partial charge in [-0.15, -0.1) is 11.3 Å². The fourth-order valence-corrected chi connectivity index (χ4v) is 4.92. The molecule has 0 spiro atoms. The molecule has 0 aliphatic heterocycles. The maximum atomic E-state index is 12.7. The number of anilines is 1. The molecule has 1 N–H and O–H groups in total. The number of hydrogen-bond acceptors (Lipinski definition) is 4. The predicted octanol–water partition coefficient (Wildman–Crippen LogP) is 2.68. The third-order valence-electron chi connectivity index (χ3n) is 2.86. The number of rotatable bonds is 6. The molecular formula is C14H18N2O2S2. The van der Waals surface area contributed by atoms with Crippen LogP contribution >= 0.6 is 11.3 Å². The molecule has 0 saturated carbocycles. The Balaban J connectivity index is 2.36. The van der Waals surface area contributed by atoms with Crippen molar-refractivity contribution in [2.24, 2.45) is 0 Å². The Kier molecular flexibility index (Phi) is 4.80. The van der Waals surface area contributed by atoms with Crippen LogP contribution in [0.5, 0.6) is 0 Å². The molecule has 0 aliphatic carbocycles. The molecule has 0 fully saturated rings.